The Kier molecular flexibility index (Phi) is 7.68. The lowest BCUT2D eigenvalue weighted by molar-refractivity contribution is 0.305. The summed E-state index contributed by atoms with van der Waals surface area (Å²) >= 11 is 0. The molecule has 0 bridgehead atoms. The summed E-state index contributed by atoms with van der Waals surface area (Å²) in [6, 6.07) is 16.1. The maximum atomic E-state index is 5.64. The highest BCUT2D eigenvalue weighted by Crippen LogP contribution is 2.10. The summed E-state index contributed by atoms with van der Waals surface area (Å²) in [6.07, 6.45) is 6.38. The molecule has 2 nitrogen and oxygen atoms in total. The number of benzene rings is 1. The second kappa shape index (κ2) is 9.40. The van der Waals surface area contributed by atoms with Crippen molar-refractivity contribution in [3.63, 3.8) is 0 Å². The predicted octanol–water partition coefficient (Wildman–Crippen LogP) is 4.30. The molecule has 2 aromatic rings. The smallest absolute Gasteiger partial charge is 0.119 e. The normalized spacial score (nSPS) is 9.68. The van der Waals surface area contributed by atoms with Crippen LogP contribution in [0.15, 0.2) is 54.7 Å². The molecule has 0 aliphatic heterocycles. The minimum Gasteiger partial charge on any atom is -0.494 e. The van der Waals surface area contributed by atoms with Gasteiger partial charge in [0.05, 0.1) is 6.61 Å². The van der Waals surface area contributed by atoms with Crippen molar-refractivity contribution in [3.05, 3.63) is 60.4 Å². The van der Waals surface area contributed by atoms with Gasteiger partial charge in [-0.1, -0.05) is 24.3 Å². The van der Waals surface area contributed by atoms with E-state index in [1.807, 2.05) is 48.7 Å². The van der Waals surface area contributed by atoms with Crippen LogP contribution in [0.3, 0.4) is 0 Å². The van der Waals surface area contributed by atoms with E-state index in [1.165, 1.54) is 18.5 Å². The minimum atomic E-state index is 0. The monoisotopic (exact) mass is 277 g/mol. The number of hydrogen-bond acceptors (Lipinski definition) is 2. The predicted molar refractivity (Wildman–Crippen MR) is 81.0 cm³/mol. The highest BCUT2D eigenvalue weighted by molar-refractivity contribution is 5.85. The number of rotatable bonds is 7. The van der Waals surface area contributed by atoms with Gasteiger partial charge in [0.2, 0.25) is 0 Å². The van der Waals surface area contributed by atoms with Crippen LogP contribution in [-0.2, 0) is 6.42 Å². The van der Waals surface area contributed by atoms with Gasteiger partial charge in [0.1, 0.15) is 5.75 Å². The van der Waals surface area contributed by atoms with Crippen molar-refractivity contribution < 1.29 is 4.74 Å². The molecule has 0 aliphatic rings. The molecule has 0 N–H and O–H groups in total. The summed E-state index contributed by atoms with van der Waals surface area (Å²) in [7, 11) is 0. The highest BCUT2D eigenvalue weighted by Gasteiger charge is 1.95. The Bertz CT molecular complexity index is 390. The molecule has 0 spiro atoms. The Hall–Kier alpha value is -1.54. The average Bonchev–Trinajstić information content (AvgIpc) is 2.45. The molecule has 2 rings (SSSR count). The fourth-order valence-electron chi connectivity index (χ4n) is 1.84. The molecule has 19 heavy (non-hydrogen) atoms. The van der Waals surface area contributed by atoms with E-state index in [9.17, 15) is 0 Å². The van der Waals surface area contributed by atoms with Gasteiger partial charge in [-0.25, -0.2) is 0 Å². The van der Waals surface area contributed by atoms with Crippen LogP contribution in [0.25, 0.3) is 0 Å². The molecule has 0 aliphatic carbocycles. The molecule has 1 aromatic heterocycles. The standard InChI is InChI=1S/C16H19NO.ClH/c1-4-11-16(12-5-1)18-14-8-2-3-9-15-10-6-7-13-17-15;/h1,4-7,10-13H,2-3,8-9,14H2;1H. The first-order valence-electron chi connectivity index (χ1n) is 6.53. The number of unbranched alkanes of at least 4 members (excludes halogenated alkanes) is 2. The van der Waals surface area contributed by atoms with E-state index < -0.39 is 0 Å². The minimum absolute atomic E-state index is 0. The Balaban J connectivity index is 0.00000180. The number of aryl methyl sites for hydroxylation is 1. The Morgan fingerprint density at radius 2 is 1.63 bits per heavy atom. The Morgan fingerprint density at radius 3 is 2.37 bits per heavy atom. The molecule has 0 amide bonds. The zero-order chi connectivity index (χ0) is 12.5. The molecule has 0 saturated carbocycles. The lowest BCUT2D eigenvalue weighted by Crippen LogP contribution is -1.97. The summed E-state index contributed by atoms with van der Waals surface area (Å²) in [4.78, 5) is 4.31. The van der Waals surface area contributed by atoms with Crippen molar-refractivity contribution in [1.29, 1.82) is 0 Å². The lowest BCUT2D eigenvalue weighted by atomic mass is 10.1. The van der Waals surface area contributed by atoms with E-state index in [1.54, 1.807) is 0 Å². The first-order chi connectivity index (χ1) is 8.95. The van der Waals surface area contributed by atoms with Gasteiger partial charge < -0.3 is 4.74 Å². The van der Waals surface area contributed by atoms with Gasteiger partial charge in [0, 0.05) is 11.9 Å². The van der Waals surface area contributed by atoms with Crippen LogP contribution in [-0.4, -0.2) is 11.6 Å². The van der Waals surface area contributed by atoms with Crippen LogP contribution in [0.2, 0.25) is 0 Å². The number of pyridine rings is 1. The Morgan fingerprint density at radius 1 is 0.842 bits per heavy atom. The van der Waals surface area contributed by atoms with Gasteiger partial charge in [-0.3, -0.25) is 4.98 Å². The number of halogens is 1. The third-order valence-electron chi connectivity index (χ3n) is 2.82. The van der Waals surface area contributed by atoms with Crippen LogP contribution in [0.5, 0.6) is 5.75 Å². The van der Waals surface area contributed by atoms with Crippen molar-refractivity contribution >= 4 is 12.4 Å². The zero-order valence-corrected chi connectivity index (χ0v) is 11.8. The largest absolute Gasteiger partial charge is 0.494 e. The van der Waals surface area contributed by atoms with Crippen LogP contribution in [0.4, 0.5) is 0 Å². The second-order valence-electron chi connectivity index (χ2n) is 4.29. The first kappa shape index (κ1) is 15.5. The maximum absolute atomic E-state index is 5.64. The summed E-state index contributed by atoms with van der Waals surface area (Å²) in [5.41, 5.74) is 1.18. The SMILES string of the molecule is Cl.c1ccc(OCCCCCc2ccccn2)cc1. The first-order valence-corrected chi connectivity index (χ1v) is 6.53. The number of nitrogens with zero attached hydrogens (tertiary/aromatic N) is 1. The molecule has 0 saturated heterocycles. The van der Waals surface area contributed by atoms with E-state index >= 15 is 0 Å². The van der Waals surface area contributed by atoms with Gasteiger partial charge in [0.25, 0.3) is 0 Å². The van der Waals surface area contributed by atoms with Crippen molar-refractivity contribution in [2.45, 2.75) is 25.7 Å². The van der Waals surface area contributed by atoms with Crippen LogP contribution >= 0.6 is 12.4 Å². The summed E-state index contributed by atoms with van der Waals surface area (Å²) in [6.45, 7) is 0.798. The highest BCUT2D eigenvalue weighted by atomic mass is 35.5. The van der Waals surface area contributed by atoms with Gasteiger partial charge >= 0.3 is 0 Å². The summed E-state index contributed by atoms with van der Waals surface area (Å²) in [5.74, 6) is 0.960. The average molecular weight is 278 g/mol. The molecule has 102 valence electrons. The van der Waals surface area contributed by atoms with Gasteiger partial charge in [-0.2, -0.15) is 0 Å². The quantitative estimate of drug-likeness (QED) is 0.704. The maximum Gasteiger partial charge on any atom is 0.119 e. The summed E-state index contributed by atoms with van der Waals surface area (Å²) in [5, 5.41) is 0. The number of aromatic nitrogens is 1. The molecule has 0 atom stereocenters. The fourth-order valence-corrected chi connectivity index (χ4v) is 1.84. The van der Waals surface area contributed by atoms with E-state index in [-0.39, 0.29) is 12.4 Å². The molecule has 1 heterocycles. The van der Waals surface area contributed by atoms with Crippen molar-refractivity contribution in [3.8, 4) is 5.75 Å². The molecular formula is C16H20ClNO. The number of hydrogen-bond donors (Lipinski definition) is 0. The lowest BCUT2D eigenvalue weighted by Gasteiger charge is -2.05. The second-order valence-corrected chi connectivity index (χ2v) is 4.29. The van der Waals surface area contributed by atoms with Gasteiger partial charge in [-0.05, 0) is 49.9 Å². The molecule has 0 unspecified atom stereocenters. The molecule has 3 heteroatoms. The van der Waals surface area contributed by atoms with Crippen molar-refractivity contribution in [2.24, 2.45) is 0 Å². The van der Waals surface area contributed by atoms with Gasteiger partial charge in [0.15, 0.2) is 0 Å². The fraction of sp³-hybridized carbons (Fsp3) is 0.312. The third kappa shape index (κ3) is 6.25. The van der Waals surface area contributed by atoms with E-state index in [0.29, 0.717) is 0 Å². The molecular weight excluding hydrogens is 258 g/mol. The van der Waals surface area contributed by atoms with E-state index in [4.69, 9.17) is 4.74 Å². The topological polar surface area (TPSA) is 22.1 Å². The number of para-hydroxylation sites is 1. The van der Waals surface area contributed by atoms with Crippen molar-refractivity contribution in [2.75, 3.05) is 6.61 Å². The van der Waals surface area contributed by atoms with Crippen molar-refractivity contribution in [1.82, 2.24) is 4.98 Å². The Labute approximate surface area is 121 Å². The molecule has 0 fully saturated rings. The van der Waals surface area contributed by atoms with Crippen LogP contribution in [0, 0.1) is 0 Å². The summed E-state index contributed by atoms with van der Waals surface area (Å²) < 4.78 is 5.64. The van der Waals surface area contributed by atoms with Crippen LogP contribution < -0.4 is 4.74 Å². The van der Waals surface area contributed by atoms with E-state index in [2.05, 4.69) is 11.1 Å². The van der Waals surface area contributed by atoms with Crippen LogP contribution in [0.1, 0.15) is 25.0 Å². The molecule has 0 radical (unpaired) electrons. The zero-order valence-electron chi connectivity index (χ0n) is 11.0. The third-order valence-corrected chi connectivity index (χ3v) is 2.82. The number of ether oxygens (including phenoxy) is 1. The van der Waals surface area contributed by atoms with Gasteiger partial charge in [-0.15, -0.1) is 12.4 Å². The molecule has 1 aromatic carbocycles. The van der Waals surface area contributed by atoms with E-state index in [0.717, 1.165) is 25.2 Å².